The first-order valence-corrected chi connectivity index (χ1v) is 9.33. The van der Waals surface area contributed by atoms with Crippen molar-refractivity contribution in [3.8, 4) is 34.2 Å². The summed E-state index contributed by atoms with van der Waals surface area (Å²) in [5.74, 6) is 1.91. The molecule has 0 unspecified atom stereocenters. The average molecular weight is 412 g/mol. The maximum atomic E-state index is 5.82. The van der Waals surface area contributed by atoms with Crippen molar-refractivity contribution in [3.05, 3.63) is 82.8 Å². The highest BCUT2D eigenvalue weighted by Crippen LogP contribution is 2.25. The lowest BCUT2D eigenvalue weighted by Gasteiger charge is -2.09. The van der Waals surface area contributed by atoms with E-state index in [-0.39, 0.29) is 0 Å². The third-order valence-corrected chi connectivity index (χ3v) is 4.75. The zero-order chi connectivity index (χ0) is 18.8. The lowest BCUT2D eigenvalue weighted by Crippen LogP contribution is -2.03. The molecule has 0 saturated heterocycles. The molecule has 3 aromatic carbocycles. The van der Waals surface area contributed by atoms with Crippen LogP contribution in [0.4, 0.5) is 0 Å². The summed E-state index contributed by atoms with van der Waals surface area (Å²) in [4.78, 5) is 14.1. The van der Waals surface area contributed by atoms with Crippen molar-refractivity contribution in [1.29, 1.82) is 0 Å². The van der Waals surface area contributed by atoms with E-state index in [2.05, 4.69) is 35.0 Å². The molecular weight excluding hydrogens is 397 g/mol. The van der Waals surface area contributed by atoms with Crippen LogP contribution in [0.1, 0.15) is 5.56 Å². The summed E-state index contributed by atoms with van der Waals surface area (Å²) in [6, 6.07) is 23.7. The van der Waals surface area contributed by atoms with Gasteiger partial charge in [0.25, 0.3) is 0 Å². The Balaban J connectivity index is 1.89. The smallest absolute Gasteiger partial charge is 0.164 e. The molecule has 1 aromatic heterocycles. The number of rotatable bonds is 3. The molecule has 0 N–H and O–H groups in total. The van der Waals surface area contributed by atoms with Gasteiger partial charge in [-0.15, -0.1) is 0 Å². The highest BCUT2D eigenvalue weighted by atomic mass is 79.9. The fraction of sp³-hybridized carbons (Fsp3) is 0.0455. The summed E-state index contributed by atoms with van der Waals surface area (Å²) in [5.41, 5.74) is 4.70. The summed E-state index contributed by atoms with van der Waals surface area (Å²) in [6.07, 6.45) is 0. The van der Waals surface area contributed by atoms with Gasteiger partial charge in [-0.05, 0) is 19.1 Å². The monoisotopic (exact) mass is 411 g/mol. The molecule has 0 atom stereocenters. The summed E-state index contributed by atoms with van der Waals surface area (Å²) >= 11 is 3.47. The molecule has 4 aromatic rings. The van der Waals surface area contributed by atoms with Crippen LogP contribution in [0, 0.1) is 6.92 Å². The van der Waals surface area contributed by atoms with Crippen molar-refractivity contribution in [2.75, 3.05) is 0 Å². The van der Waals surface area contributed by atoms with Crippen LogP contribution in [-0.2, 0) is 0 Å². The number of nitrogens with zero attached hydrogens (tertiary/aromatic N) is 3. The van der Waals surface area contributed by atoms with Gasteiger partial charge in [0.2, 0.25) is 0 Å². The molecule has 0 bridgehead atoms. The average Bonchev–Trinajstić information content (AvgIpc) is 2.69. The van der Waals surface area contributed by atoms with Gasteiger partial charge in [0.1, 0.15) is 7.85 Å². The molecule has 0 fully saturated rings. The molecule has 5 heteroatoms. The maximum absolute atomic E-state index is 5.82. The summed E-state index contributed by atoms with van der Waals surface area (Å²) in [5, 5.41) is 0. The Bertz CT molecular complexity index is 922. The molecule has 27 heavy (non-hydrogen) atoms. The van der Waals surface area contributed by atoms with Crippen molar-refractivity contribution < 1.29 is 0 Å². The summed E-state index contributed by atoms with van der Waals surface area (Å²) < 4.78 is 1.01. The molecular formula is C22H15BBrN3. The van der Waals surface area contributed by atoms with E-state index < -0.39 is 0 Å². The number of hydrogen-bond donors (Lipinski definition) is 0. The van der Waals surface area contributed by atoms with E-state index in [0.717, 1.165) is 21.2 Å². The maximum Gasteiger partial charge on any atom is 0.164 e. The molecule has 3 nitrogen and oxygen atoms in total. The predicted octanol–water partition coefficient (Wildman–Crippen LogP) is 4.74. The van der Waals surface area contributed by atoms with Crippen molar-refractivity contribution in [2.24, 2.45) is 0 Å². The first-order chi connectivity index (χ1) is 13.1. The second-order valence-corrected chi connectivity index (χ2v) is 7.22. The zero-order valence-electron chi connectivity index (χ0n) is 14.7. The zero-order valence-corrected chi connectivity index (χ0v) is 16.3. The third kappa shape index (κ3) is 3.98. The van der Waals surface area contributed by atoms with E-state index in [1.807, 2.05) is 60.7 Å². The van der Waals surface area contributed by atoms with Gasteiger partial charge in [0.15, 0.2) is 17.5 Å². The van der Waals surface area contributed by atoms with Gasteiger partial charge in [-0.25, -0.2) is 15.0 Å². The van der Waals surface area contributed by atoms with Crippen LogP contribution in [0.3, 0.4) is 0 Å². The molecule has 0 aliphatic heterocycles. The van der Waals surface area contributed by atoms with E-state index in [1.165, 1.54) is 5.56 Å². The van der Waals surface area contributed by atoms with E-state index in [9.17, 15) is 0 Å². The molecule has 1 heterocycles. The Labute approximate surface area is 168 Å². The summed E-state index contributed by atoms with van der Waals surface area (Å²) in [7, 11) is 5.82. The second-order valence-electron chi connectivity index (χ2n) is 6.30. The van der Waals surface area contributed by atoms with E-state index in [4.69, 9.17) is 22.8 Å². The van der Waals surface area contributed by atoms with Gasteiger partial charge in [0.05, 0.1) is 0 Å². The standard InChI is InChI=1S/C22H15BBrN3/c1-14-2-4-15(5-3-14)20-25-21(16-6-10-18(23)11-7-16)27-22(26-20)17-8-12-19(24)13-9-17/h2-13H,1H3. The second kappa shape index (κ2) is 7.45. The van der Waals surface area contributed by atoms with Gasteiger partial charge < -0.3 is 0 Å². The molecule has 0 amide bonds. The van der Waals surface area contributed by atoms with Crippen LogP contribution in [0.2, 0.25) is 0 Å². The van der Waals surface area contributed by atoms with Gasteiger partial charge in [0, 0.05) is 21.2 Å². The largest absolute Gasteiger partial charge is 0.208 e. The van der Waals surface area contributed by atoms with E-state index in [1.54, 1.807) is 0 Å². The fourth-order valence-corrected chi connectivity index (χ4v) is 2.96. The number of benzene rings is 3. The summed E-state index contributed by atoms with van der Waals surface area (Å²) in [6.45, 7) is 2.06. The minimum Gasteiger partial charge on any atom is -0.208 e. The Morgan fingerprint density at radius 3 is 1.41 bits per heavy atom. The Morgan fingerprint density at radius 2 is 0.963 bits per heavy atom. The first-order valence-electron chi connectivity index (χ1n) is 8.53. The molecule has 0 aliphatic rings. The van der Waals surface area contributed by atoms with Crippen LogP contribution in [0.15, 0.2) is 77.3 Å². The number of hydrogen-bond acceptors (Lipinski definition) is 3. The molecule has 0 spiro atoms. The van der Waals surface area contributed by atoms with Crippen LogP contribution < -0.4 is 5.46 Å². The van der Waals surface area contributed by atoms with Crippen LogP contribution in [0.5, 0.6) is 0 Å². The van der Waals surface area contributed by atoms with Crippen molar-refractivity contribution in [2.45, 2.75) is 6.92 Å². The van der Waals surface area contributed by atoms with Crippen molar-refractivity contribution in [3.63, 3.8) is 0 Å². The topological polar surface area (TPSA) is 38.7 Å². The molecule has 2 radical (unpaired) electrons. The highest BCUT2D eigenvalue weighted by Gasteiger charge is 2.12. The van der Waals surface area contributed by atoms with Gasteiger partial charge >= 0.3 is 0 Å². The quantitative estimate of drug-likeness (QED) is 0.457. The fourth-order valence-electron chi connectivity index (χ4n) is 2.70. The predicted molar refractivity (Wildman–Crippen MR) is 114 cm³/mol. The highest BCUT2D eigenvalue weighted by molar-refractivity contribution is 9.10. The molecule has 128 valence electrons. The molecule has 4 rings (SSSR count). The Morgan fingerprint density at radius 1 is 0.593 bits per heavy atom. The first kappa shape index (κ1) is 17.6. The minimum atomic E-state index is 0.624. The number of halogens is 1. The minimum absolute atomic E-state index is 0.624. The molecule has 0 saturated carbocycles. The number of aromatic nitrogens is 3. The normalized spacial score (nSPS) is 10.7. The van der Waals surface area contributed by atoms with Crippen molar-refractivity contribution in [1.82, 2.24) is 15.0 Å². The lowest BCUT2D eigenvalue weighted by molar-refractivity contribution is 1.07. The SMILES string of the molecule is [B]c1ccc(-c2nc(-c3ccc(C)cc3)nc(-c3ccc(Br)cc3)n2)cc1. The van der Waals surface area contributed by atoms with Crippen molar-refractivity contribution >= 4 is 29.2 Å². The molecule has 0 aliphatic carbocycles. The third-order valence-electron chi connectivity index (χ3n) is 4.22. The van der Waals surface area contributed by atoms with E-state index in [0.29, 0.717) is 22.9 Å². The van der Waals surface area contributed by atoms with E-state index >= 15 is 0 Å². The number of aryl methyl sites for hydroxylation is 1. The van der Waals surface area contributed by atoms with Gasteiger partial charge in [-0.2, -0.15) is 0 Å². The van der Waals surface area contributed by atoms with Crippen LogP contribution >= 0.6 is 15.9 Å². The van der Waals surface area contributed by atoms with Crippen LogP contribution in [0.25, 0.3) is 34.2 Å². The Kier molecular flexibility index (Phi) is 4.86. The van der Waals surface area contributed by atoms with Gasteiger partial charge in [-0.3, -0.25) is 0 Å². The lowest BCUT2D eigenvalue weighted by atomic mass is 9.95. The van der Waals surface area contributed by atoms with Gasteiger partial charge in [-0.1, -0.05) is 87.6 Å². The Hall–Kier alpha value is -2.79. The van der Waals surface area contributed by atoms with Crippen LogP contribution in [-0.4, -0.2) is 22.8 Å².